The number of amides is 1. The molecule has 1 aliphatic heterocycles. The molecule has 1 aliphatic carbocycles. The minimum Gasteiger partial charge on any atom is -0.348 e. The minimum absolute atomic E-state index is 0.0218. The van der Waals surface area contributed by atoms with Crippen LogP contribution in [0.4, 0.5) is 0 Å². The molecular formula is C23H28N2O. The summed E-state index contributed by atoms with van der Waals surface area (Å²) in [5.74, 6) is 0.0218. The molecule has 136 valence electrons. The van der Waals surface area contributed by atoms with E-state index in [1.165, 1.54) is 36.8 Å². The molecule has 0 unspecified atom stereocenters. The number of hydrogen-bond donors (Lipinski definition) is 1. The SMILES string of the molecule is O=C(NCc1ccccc1)c1ccc2c(c1)CCN(C1CCCC1)CC2. The fraction of sp³-hybridized carbons (Fsp3) is 0.435. The van der Waals surface area contributed by atoms with Gasteiger partial charge >= 0.3 is 0 Å². The first-order chi connectivity index (χ1) is 12.8. The average molecular weight is 348 g/mol. The Hall–Kier alpha value is -2.13. The van der Waals surface area contributed by atoms with Gasteiger partial charge in [0.1, 0.15) is 0 Å². The highest BCUT2D eigenvalue weighted by molar-refractivity contribution is 5.94. The van der Waals surface area contributed by atoms with E-state index in [4.69, 9.17) is 0 Å². The normalized spacial score (nSPS) is 18.3. The van der Waals surface area contributed by atoms with Crippen molar-refractivity contribution in [3.63, 3.8) is 0 Å². The zero-order valence-corrected chi connectivity index (χ0v) is 15.4. The number of carbonyl (C=O) groups is 1. The molecule has 0 radical (unpaired) electrons. The first-order valence-corrected chi connectivity index (χ1v) is 9.97. The van der Waals surface area contributed by atoms with E-state index in [0.29, 0.717) is 6.54 Å². The Labute approximate surface area is 156 Å². The van der Waals surface area contributed by atoms with E-state index in [0.717, 1.165) is 43.1 Å². The van der Waals surface area contributed by atoms with E-state index in [-0.39, 0.29) is 5.91 Å². The molecule has 2 aromatic rings. The average Bonchev–Trinajstić information content (AvgIpc) is 3.14. The predicted octanol–water partition coefficient (Wildman–Crippen LogP) is 3.96. The van der Waals surface area contributed by atoms with Crippen molar-refractivity contribution in [2.24, 2.45) is 0 Å². The van der Waals surface area contributed by atoms with Crippen molar-refractivity contribution in [3.05, 3.63) is 70.8 Å². The van der Waals surface area contributed by atoms with Crippen molar-refractivity contribution in [1.82, 2.24) is 10.2 Å². The lowest BCUT2D eigenvalue weighted by molar-refractivity contribution is 0.0951. The fourth-order valence-corrected chi connectivity index (χ4v) is 4.40. The second-order valence-electron chi connectivity index (χ2n) is 7.63. The molecule has 2 aromatic carbocycles. The van der Waals surface area contributed by atoms with Gasteiger partial charge in [0.05, 0.1) is 0 Å². The van der Waals surface area contributed by atoms with E-state index in [1.807, 2.05) is 36.4 Å². The lowest BCUT2D eigenvalue weighted by Gasteiger charge is -2.26. The maximum atomic E-state index is 12.5. The number of hydrogen-bond acceptors (Lipinski definition) is 2. The van der Waals surface area contributed by atoms with Gasteiger partial charge in [0.25, 0.3) is 5.91 Å². The number of fused-ring (bicyclic) bond motifs is 1. The molecule has 0 bridgehead atoms. The van der Waals surface area contributed by atoms with E-state index >= 15 is 0 Å². The molecule has 0 saturated heterocycles. The highest BCUT2D eigenvalue weighted by atomic mass is 16.1. The van der Waals surface area contributed by atoms with Gasteiger partial charge in [-0.1, -0.05) is 49.2 Å². The Balaban J connectivity index is 1.40. The highest BCUT2D eigenvalue weighted by Crippen LogP contribution is 2.26. The summed E-state index contributed by atoms with van der Waals surface area (Å²) in [5, 5.41) is 3.04. The summed E-state index contributed by atoms with van der Waals surface area (Å²) < 4.78 is 0. The molecule has 4 rings (SSSR count). The van der Waals surface area contributed by atoms with Gasteiger partial charge in [-0.05, 0) is 54.5 Å². The third-order valence-corrected chi connectivity index (χ3v) is 5.94. The van der Waals surface area contributed by atoms with Crippen molar-refractivity contribution >= 4 is 5.91 Å². The molecule has 2 aliphatic rings. The van der Waals surface area contributed by atoms with Gasteiger partial charge < -0.3 is 5.32 Å². The van der Waals surface area contributed by atoms with Gasteiger partial charge in [0.15, 0.2) is 0 Å². The number of nitrogens with one attached hydrogen (secondary N) is 1. The molecule has 26 heavy (non-hydrogen) atoms. The summed E-state index contributed by atoms with van der Waals surface area (Å²) >= 11 is 0. The van der Waals surface area contributed by atoms with Crippen LogP contribution in [-0.2, 0) is 19.4 Å². The molecule has 0 atom stereocenters. The summed E-state index contributed by atoms with van der Waals surface area (Å²) in [6, 6.07) is 17.1. The Kier molecular flexibility index (Phi) is 5.35. The summed E-state index contributed by atoms with van der Waals surface area (Å²) in [5.41, 5.74) is 4.69. The highest BCUT2D eigenvalue weighted by Gasteiger charge is 2.24. The van der Waals surface area contributed by atoms with Crippen molar-refractivity contribution < 1.29 is 4.79 Å². The van der Waals surface area contributed by atoms with Crippen molar-refractivity contribution in [3.8, 4) is 0 Å². The fourth-order valence-electron chi connectivity index (χ4n) is 4.40. The minimum atomic E-state index is 0.0218. The van der Waals surface area contributed by atoms with Crippen molar-refractivity contribution in [1.29, 1.82) is 0 Å². The van der Waals surface area contributed by atoms with Crippen LogP contribution in [0, 0.1) is 0 Å². The molecule has 1 N–H and O–H groups in total. The van der Waals surface area contributed by atoms with Crippen molar-refractivity contribution in [2.75, 3.05) is 13.1 Å². The van der Waals surface area contributed by atoms with Gasteiger partial charge in [0, 0.05) is 31.2 Å². The lowest BCUT2D eigenvalue weighted by Crippen LogP contribution is -2.35. The Morgan fingerprint density at radius 2 is 1.69 bits per heavy atom. The maximum absolute atomic E-state index is 12.5. The zero-order chi connectivity index (χ0) is 17.8. The van der Waals surface area contributed by atoms with E-state index in [2.05, 4.69) is 22.3 Å². The molecule has 1 saturated carbocycles. The topological polar surface area (TPSA) is 32.3 Å². The largest absolute Gasteiger partial charge is 0.348 e. The van der Waals surface area contributed by atoms with E-state index in [1.54, 1.807) is 0 Å². The van der Waals surface area contributed by atoms with Gasteiger partial charge in [-0.3, -0.25) is 9.69 Å². The second kappa shape index (κ2) is 8.05. The van der Waals surface area contributed by atoms with Crippen LogP contribution in [-0.4, -0.2) is 29.9 Å². The monoisotopic (exact) mass is 348 g/mol. The first kappa shape index (κ1) is 17.3. The molecule has 1 heterocycles. The van der Waals surface area contributed by atoms with Crippen LogP contribution in [0.5, 0.6) is 0 Å². The standard InChI is InChI=1S/C23H28N2O/c26-23(24-17-18-6-2-1-3-7-18)21-11-10-19-12-14-25(15-13-20(19)16-21)22-8-4-5-9-22/h1-3,6-7,10-11,16,22H,4-5,8-9,12-15,17H2,(H,24,26). The third-order valence-electron chi connectivity index (χ3n) is 5.94. The maximum Gasteiger partial charge on any atom is 0.251 e. The van der Waals surface area contributed by atoms with Crippen LogP contribution in [0.3, 0.4) is 0 Å². The lowest BCUT2D eigenvalue weighted by atomic mass is 10.00. The Morgan fingerprint density at radius 1 is 0.962 bits per heavy atom. The van der Waals surface area contributed by atoms with Crippen LogP contribution >= 0.6 is 0 Å². The summed E-state index contributed by atoms with van der Waals surface area (Å²) in [7, 11) is 0. The quantitative estimate of drug-likeness (QED) is 0.907. The summed E-state index contributed by atoms with van der Waals surface area (Å²) in [6.45, 7) is 2.87. The number of rotatable bonds is 4. The van der Waals surface area contributed by atoms with E-state index < -0.39 is 0 Å². The summed E-state index contributed by atoms with van der Waals surface area (Å²) in [6.07, 6.45) is 7.68. The zero-order valence-electron chi connectivity index (χ0n) is 15.4. The van der Waals surface area contributed by atoms with Crippen LogP contribution < -0.4 is 5.32 Å². The predicted molar refractivity (Wildman–Crippen MR) is 105 cm³/mol. The van der Waals surface area contributed by atoms with E-state index in [9.17, 15) is 4.79 Å². The molecule has 1 amide bonds. The van der Waals surface area contributed by atoms with Crippen molar-refractivity contribution in [2.45, 2.75) is 51.1 Å². The summed E-state index contributed by atoms with van der Waals surface area (Å²) in [4.78, 5) is 15.2. The first-order valence-electron chi connectivity index (χ1n) is 9.97. The molecular weight excluding hydrogens is 320 g/mol. The van der Waals surface area contributed by atoms with Crippen LogP contribution in [0.2, 0.25) is 0 Å². The molecule has 1 fully saturated rings. The smallest absolute Gasteiger partial charge is 0.251 e. The van der Waals surface area contributed by atoms with Crippen LogP contribution in [0.15, 0.2) is 48.5 Å². The van der Waals surface area contributed by atoms with Gasteiger partial charge in [-0.2, -0.15) is 0 Å². The third kappa shape index (κ3) is 3.99. The molecule has 3 heteroatoms. The number of nitrogens with zero attached hydrogens (tertiary/aromatic N) is 1. The molecule has 0 spiro atoms. The number of carbonyl (C=O) groups excluding carboxylic acids is 1. The van der Waals surface area contributed by atoms with Crippen LogP contribution in [0.25, 0.3) is 0 Å². The molecule has 0 aromatic heterocycles. The van der Waals surface area contributed by atoms with Crippen LogP contribution in [0.1, 0.15) is 52.7 Å². The molecule has 3 nitrogen and oxygen atoms in total. The second-order valence-corrected chi connectivity index (χ2v) is 7.63. The van der Waals surface area contributed by atoms with Gasteiger partial charge in [-0.15, -0.1) is 0 Å². The number of benzene rings is 2. The Bertz CT molecular complexity index is 750. The van der Waals surface area contributed by atoms with Gasteiger partial charge in [0.2, 0.25) is 0 Å². The Morgan fingerprint density at radius 3 is 2.46 bits per heavy atom. The van der Waals surface area contributed by atoms with Gasteiger partial charge in [-0.25, -0.2) is 0 Å².